The zero-order chi connectivity index (χ0) is 13.8. The highest BCUT2D eigenvalue weighted by Gasteiger charge is 2.23. The fraction of sp³-hybridized carbons (Fsp3) is 0.533. The Balaban J connectivity index is 1.91. The Hall–Kier alpha value is -1.55. The molecular formula is C15H23N3O. The summed E-state index contributed by atoms with van der Waals surface area (Å²) < 4.78 is 0. The van der Waals surface area contributed by atoms with Gasteiger partial charge in [-0.1, -0.05) is 29.8 Å². The van der Waals surface area contributed by atoms with E-state index in [1.165, 1.54) is 11.1 Å². The van der Waals surface area contributed by atoms with Crippen LogP contribution in [-0.4, -0.2) is 37.6 Å². The van der Waals surface area contributed by atoms with E-state index in [0.29, 0.717) is 12.6 Å². The SMILES string of the molecule is Cc1ccc([C@@H](CNC(=O)NC2CC2)N(C)C)cc1. The van der Waals surface area contributed by atoms with Crippen LogP contribution in [0.4, 0.5) is 4.79 Å². The summed E-state index contributed by atoms with van der Waals surface area (Å²) in [4.78, 5) is 13.8. The Morgan fingerprint density at radius 2 is 1.95 bits per heavy atom. The number of benzene rings is 1. The summed E-state index contributed by atoms with van der Waals surface area (Å²) in [5, 5.41) is 5.90. The van der Waals surface area contributed by atoms with Crippen LogP contribution in [0.15, 0.2) is 24.3 Å². The van der Waals surface area contributed by atoms with Crippen molar-refractivity contribution in [2.24, 2.45) is 0 Å². The van der Waals surface area contributed by atoms with Gasteiger partial charge in [-0.3, -0.25) is 0 Å². The van der Waals surface area contributed by atoms with Gasteiger partial charge in [0.2, 0.25) is 0 Å². The predicted molar refractivity (Wildman–Crippen MR) is 77.2 cm³/mol. The van der Waals surface area contributed by atoms with Crippen molar-refractivity contribution in [3.8, 4) is 0 Å². The zero-order valence-electron chi connectivity index (χ0n) is 11.9. The van der Waals surface area contributed by atoms with Crippen molar-refractivity contribution in [3.63, 3.8) is 0 Å². The summed E-state index contributed by atoms with van der Waals surface area (Å²) >= 11 is 0. The first-order valence-electron chi connectivity index (χ1n) is 6.83. The fourth-order valence-corrected chi connectivity index (χ4v) is 2.04. The molecule has 0 aromatic heterocycles. The topological polar surface area (TPSA) is 44.4 Å². The highest BCUT2D eigenvalue weighted by atomic mass is 16.2. The number of carbonyl (C=O) groups is 1. The molecule has 0 aliphatic heterocycles. The van der Waals surface area contributed by atoms with Crippen LogP contribution >= 0.6 is 0 Å². The van der Waals surface area contributed by atoms with Gasteiger partial charge in [0.15, 0.2) is 0 Å². The second-order valence-corrected chi connectivity index (χ2v) is 5.52. The third-order valence-corrected chi connectivity index (χ3v) is 3.45. The first-order valence-corrected chi connectivity index (χ1v) is 6.83. The number of nitrogens with zero attached hydrogens (tertiary/aromatic N) is 1. The van der Waals surface area contributed by atoms with Crippen molar-refractivity contribution in [2.75, 3.05) is 20.6 Å². The summed E-state index contributed by atoms with van der Waals surface area (Å²) in [7, 11) is 4.07. The lowest BCUT2D eigenvalue weighted by atomic mass is 10.0. The van der Waals surface area contributed by atoms with Gasteiger partial charge in [0.25, 0.3) is 0 Å². The van der Waals surface area contributed by atoms with Crippen molar-refractivity contribution in [1.29, 1.82) is 0 Å². The van der Waals surface area contributed by atoms with E-state index < -0.39 is 0 Å². The molecule has 1 saturated carbocycles. The molecule has 2 N–H and O–H groups in total. The highest BCUT2D eigenvalue weighted by molar-refractivity contribution is 5.74. The first-order chi connectivity index (χ1) is 9.06. The zero-order valence-corrected chi connectivity index (χ0v) is 11.9. The van der Waals surface area contributed by atoms with E-state index in [1.807, 2.05) is 14.1 Å². The number of likely N-dealkylation sites (N-methyl/N-ethyl adjacent to an activating group) is 1. The second-order valence-electron chi connectivity index (χ2n) is 5.52. The van der Waals surface area contributed by atoms with Gasteiger partial charge in [-0.05, 0) is 39.4 Å². The van der Waals surface area contributed by atoms with E-state index in [0.717, 1.165) is 12.8 Å². The van der Waals surface area contributed by atoms with Crippen LogP contribution in [0, 0.1) is 6.92 Å². The average Bonchev–Trinajstić information content (AvgIpc) is 3.15. The van der Waals surface area contributed by atoms with Gasteiger partial charge >= 0.3 is 6.03 Å². The molecule has 0 unspecified atom stereocenters. The van der Waals surface area contributed by atoms with Crippen molar-refractivity contribution in [2.45, 2.75) is 31.8 Å². The van der Waals surface area contributed by atoms with Crippen molar-refractivity contribution in [1.82, 2.24) is 15.5 Å². The molecule has 1 fully saturated rings. The lowest BCUT2D eigenvalue weighted by molar-refractivity contribution is 0.232. The monoisotopic (exact) mass is 261 g/mol. The number of nitrogens with one attached hydrogen (secondary N) is 2. The van der Waals surface area contributed by atoms with E-state index in [-0.39, 0.29) is 12.1 Å². The van der Waals surface area contributed by atoms with Gasteiger partial charge in [-0.15, -0.1) is 0 Å². The molecule has 0 spiro atoms. The molecule has 0 radical (unpaired) electrons. The molecule has 2 rings (SSSR count). The van der Waals surface area contributed by atoms with E-state index in [4.69, 9.17) is 0 Å². The van der Waals surface area contributed by atoms with Gasteiger partial charge in [-0.2, -0.15) is 0 Å². The minimum atomic E-state index is -0.0542. The van der Waals surface area contributed by atoms with Crippen LogP contribution in [0.2, 0.25) is 0 Å². The first kappa shape index (κ1) is 13.9. The molecule has 1 aromatic rings. The maximum Gasteiger partial charge on any atom is 0.315 e. The van der Waals surface area contributed by atoms with E-state index >= 15 is 0 Å². The largest absolute Gasteiger partial charge is 0.336 e. The van der Waals surface area contributed by atoms with Gasteiger partial charge in [-0.25, -0.2) is 4.79 Å². The van der Waals surface area contributed by atoms with Crippen LogP contribution in [-0.2, 0) is 0 Å². The number of hydrogen-bond acceptors (Lipinski definition) is 2. The van der Waals surface area contributed by atoms with Crippen LogP contribution in [0.3, 0.4) is 0 Å². The maximum atomic E-state index is 11.7. The number of rotatable bonds is 5. The minimum Gasteiger partial charge on any atom is -0.336 e. The summed E-state index contributed by atoms with van der Waals surface area (Å²) in [5.74, 6) is 0. The summed E-state index contributed by atoms with van der Waals surface area (Å²) in [6, 6.07) is 9.01. The molecule has 104 valence electrons. The molecule has 0 bridgehead atoms. The Labute approximate surface area is 115 Å². The van der Waals surface area contributed by atoms with Crippen LogP contribution in [0.1, 0.15) is 30.0 Å². The summed E-state index contributed by atoms with van der Waals surface area (Å²) in [5.41, 5.74) is 2.48. The Morgan fingerprint density at radius 1 is 1.32 bits per heavy atom. The Morgan fingerprint density at radius 3 is 2.47 bits per heavy atom. The molecular weight excluding hydrogens is 238 g/mol. The highest BCUT2D eigenvalue weighted by Crippen LogP contribution is 2.19. The van der Waals surface area contributed by atoms with E-state index in [1.54, 1.807) is 0 Å². The number of hydrogen-bond donors (Lipinski definition) is 2. The van der Waals surface area contributed by atoms with Crippen molar-refractivity contribution in [3.05, 3.63) is 35.4 Å². The van der Waals surface area contributed by atoms with Crippen LogP contribution < -0.4 is 10.6 Å². The van der Waals surface area contributed by atoms with Gasteiger partial charge in [0.05, 0.1) is 6.04 Å². The molecule has 0 heterocycles. The van der Waals surface area contributed by atoms with Crippen LogP contribution in [0.5, 0.6) is 0 Å². The number of amides is 2. The standard InChI is InChI=1S/C15H23N3O/c1-11-4-6-12(7-5-11)14(18(2)3)10-16-15(19)17-13-8-9-13/h4-7,13-14H,8-10H2,1-3H3,(H2,16,17,19)/t14-/m1/s1. The van der Waals surface area contributed by atoms with Crippen molar-refractivity contribution >= 4 is 6.03 Å². The van der Waals surface area contributed by atoms with Crippen molar-refractivity contribution < 1.29 is 4.79 Å². The minimum absolute atomic E-state index is 0.0542. The molecule has 2 amide bonds. The number of aryl methyl sites for hydroxylation is 1. The predicted octanol–water partition coefficient (Wildman–Crippen LogP) is 2.06. The second kappa shape index (κ2) is 6.06. The third-order valence-electron chi connectivity index (χ3n) is 3.45. The molecule has 19 heavy (non-hydrogen) atoms. The maximum absolute atomic E-state index is 11.7. The molecule has 0 saturated heterocycles. The van der Waals surface area contributed by atoms with Gasteiger partial charge < -0.3 is 15.5 Å². The smallest absolute Gasteiger partial charge is 0.315 e. The van der Waals surface area contributed by atoms with Gasteiger partial charge in [0.1, 0.15) is 0 Å². The quantitative estimate of drug-likeness (QED) is 0.852. The number of urea groups is 1. The summed E-state index contributed by atoms with van der Waals surface area (Å²) in [6.07, 6.45) is 2.23. The van der Waals surface area contributed by atoms with Gasteiger partial charge in [0, 0.05) is 12.6 Å². The van der Waals surface area contributed by atoms with Crippen LogP contribution in [0.25, 0.3) is 0 Å². The Bertz CT molecular complexity index is 424. The average molecular weight is 261 g/mol. The molecule has 1 aliphatic carbocycles. The third kappa shape index (κ3) is 4.24. The normalized spacial score (nSPS) is 16.2. The van der Waals surface area contributed by atoms with E-state index in [9.17, 15) is 4.79 Å². The lowest BCUT2D eigenvalue weighted by Gasteiger charge is -2.25. The molecule has 4 heteroatoms. The molecule has 1 aliphatic rings. The number of carbonyl (C=O) groups excluding carboxylic acids is 1. The Kier molecular flexibility index (Phi) is 4.43. The molecule has 1 atom stereocenters. The van der Waals surface area contributed by atoms with E-state index in [2.05, 4.69) is 46.7 Å². The molecule has 1 aromatic carbocycles. The summed E-state index contributed by atoms with van der Waals surface area (Å²) in [6.45, 7) is 2.70. The fourth-order valence-electron chi connectivity index (χ4n) is 2.04. The lowest BCUT2D eigenvalue weighted by Crippen LogP contribution is -2.41. The molecule has 4 nitrogen and oxygen atoms in total.